The van der Waals surface area contributed by atoms with E-state index in [1.54, 1.807) is 22.9 Å². The first-order valence-electron chi connectivity index (χ1n) is 7.94. The summed E-state index contributed by atoms with van der Waals surface area (Å²) >= 11 is 12.5. The van der Waals surface area contributed by atoms with E-state index in [0.717, 1.165) is 18.4 Å². The van der Waals surface area contributed by atoms with Gasteiger partial charge in [0.05, 0.1) is 40.0 Å². The van der Waals surface area contributed by atoms with Crippen molar-refractivity contribution in [1.82, 2.24) is 14.5 Å². The standard InChI is InChI=1S/C17H14Cl2FN3O4S/c1-3-27-14-6-4-5-12-15(14)16(19)21-23(12)13-8-11(20)9(7-10(13)18)17(24)22-28(2,25)26/h4-8H,3H2,1-2H3,(H,22,24). The molecule has 28 heavy (non-hydrogen) atoms. The fraction of sp³-hybridized carbons (Fsp3) is 0.176. The van der Waals surface area contributed by atoms with E-state index < -0.39 is 27.3 Å². The molecular weight excluding hydrogens is 432 g/mol. The van der Waals surface area contributed by atoms with Crippen molar-refractivity contribution in [3.8, 4) is 11.4 Å². The van der Waals surface area contributed by atoms with E-state index in [1.165, 1.54) is 4.68 Å². The Labute approximate surface area is 170 Å². The van der Waals surface area contributed by atoms with Crippen LogP contribution in [0.15, 0.2) is 30.3 Å². The number of fused-ring (bicyclic) bond motifs is 1. The van der Waals surface area contributed by atoms with Gasteiger partial charge in [-0.05, 0) is 25.1 Å². The Morgan fingerprint density at radius 2 is 2.04 bits per heavy atom. The zero-order chi connectivity index (χ0) is 20.6. The number of nitrogens with zero attached hydrogens (tertiary/aromatic N) is 2. The van der Waals surface area contributed by atoms with Crippen molar-refractivity contribution in [2.24, 2.45) is 0 Å². The largest absolute Gasteiger partial charge is 0.493 e. The number of halogens is 3. The molecule has 0 unspecified atom stereocenters. The normalized spacial score (nSPS) is 11.6. The van der Waals surface area contributed by atoms with Gasteiger partial charge in [-0.3, -0.25) is 4.79 Å². The first-order chi connectivity index (χ1) is 13.1. The number of hydrogen-bond acceptors (Lipinski definition) is 5. The maximum Gasteiger partial charge on any atom is 0.267 e. The second kappa shape index (κ2) is 7.57. The van der Waals surface area contributed by atoms with Crippen LogP contribution in [0.1, 0.15) is 17.3 Å². The number of carbonyl (C=O) groups is 1. The third-order valence-corrected chi connectivity index (χ3v) is 4.84. The summed E-state index contributed by atoms with van der Waals surface area (Å²) in [6, 6.07) is 7.16. The lowest BCUT2D eigenvalue weighted by atomic mass is 10.1. The Kier molecular flexibility index (Phi) is 5.51. The first kappa shape index (κ1) is 20.4. The van der Waals surface area contributed by atoms with E-state index in [9.17, 15) is 17.6 Å². The molecule has 3 aromatic rings. The average Bonchev–Trinajstić information content (AvgIpc) is 2.93. The molecule has 2 aromatic carbocycles. The van der Waals surface area contributed by atoms with Crippen LogP contribution in [0.3, 0.4) is 0 Å². The van der Waals surface area contributed by atoms with Gasteiger partial charge in [0, 0.05) is 6.07 Å². The van der Waals surface area contributed by atoms with Gasteiger partial charge >= 0.3 is 0 Å². The second-order valence-electron chi connectivity index (χ2n) is 5.77. The third-order valence-electron chi connectivity index (χ3n) is 3.71. The van der Waals surface area contributed by atoms with Crippen molar-refractivity contribution in [3.05, 3.63) is 51.9 Å². The molecule has 0 aliphatic carbocycles. The highest BCUT2D eigenvalue weighted by atomic mass is 35.5. The van der Waals surface area contributed by atoms with Gasteiger partial charge in [-0.25, -0.2) is 22.2 Å². The van der Waals surface area contributed by atoms with E-state index >= 15 is 0 Å². The highest BCUT2D eigenvalue weighted by molar-refractivity contribution is 7.89. The minimum Gasteiger partial charge on any atom is -0.493 e. The SMILES string of the molecule is CCOc1cccc2c1c(Cl)nn2-c1cc(F)c(C(=O)NS(C)(=O)=O)cc1Cl. The zero-order valence-corrected chi connectivity index (χ0v) is 17.0. The molecule has 0 bridgehead atoms. The molecule has 1 N–H and O–H groups in total. The van der Waals surface area contributed by atoms with Gasteiger partial charge in [0.2, 0.25) is 10.0 Å². The topological polar surface area (TPSA) is 90.3 Å². The van der Waals surface area contributed by atoms with Gasteiger partial charge in [-0.2, -0.15) is 5.10 Å². The zero-order valence-electron chi connectivity index (χ0n) is 14.7. The second-order valence-corrected chi connectivity index (χ2v) is 8.29. The molecule has 0 saturated carbocycles. The van der Waals surface area contributed by atoms with Crippen molar-refractivity contribution in [1.29, 1.82) is 0 Å². The minimum atomic E-state index is -3.86. The Bertz CT molecular complexity index is 1190. The molecule has 0 fully saturated rings. The molecule has 3 rings (SSSR count). The van der Waals surface area contributed by atoms with Crippen LogP contribution in [-0.2, 0) is 10.0 Å². The van der Waals surface area contributed by atoms with Gasteiger partial charge in [-0.15, -0.1) is 0 Å². The van der Waals surface area contributed by atoms with Gasteiger partial charge in [0.1, 0.15) is 11.6 Å². The lowest BCUT2D eigenvalue weighted by Crippen LogP contribution is -2.30. The van der Waals surface area contributed by atoms with Crippen molar-refractivity contribution in [2.45, 2.75) is 6.92 Å². The molecule has 11 heteroatoms. The minimum absolute atomic E-state index is 0.0251. The summed E-state index contributed by atoms with van der Waals surface area (Å²) in [6.45, 7) is 2.24. The fourth-order valence-corrected chi connectivity index (χ4v) is 3.61. The Morgan fingerprint density at radius 3 is 2.68 bits per heavy atom. The predicted octanol–water partition coefficient (Wildman–Crippen LogP) is 3.56. The summed E-state index contributed by atoms with van der Waals surface area (Å²) in [6.07, 6.45) is 0.784. The summed E-state index contributed by atoms with van der Waals surface area (Å²) in [5.74, 6) is -1.59. The van der Waals surface area contributed by atoms with E-state index in [2.05, 4.69) is 5.10 Å². The molecule has 148 valence electrons. The molecular formula is C17H14Cl2FN3O4S. The van der Waals surface area contributed by atoms with Crippen molar-refractivity contribution >= 4 is 50.0 Å². The van der Waals surface area contributed by atoms with Crippen LogP contribution in [0.4, 0.5) is 4.39 Å². The molecule has 1 aromatic heterocycles. The number of hydrogen-bond donors (Lipinski definition) is 1. The molecule has 0 saturated heterocycles. The predicted molar refractivity (Wildman–Crippen MR) is 105 cm³/mol. The van der Waals surface area contributed by atoms with Gasteiger partial charge in [0.25, 0.3) is 5.91 Å². The van der Waals surface area contributed by atoms with Crippen LogP contribution < -0.4 is 9.46 Å². The number of sulfonamides is 1. The monoisotopic (exact) mass is 445 g/mol. The molecule has 0 spiro atoms. The van der Waals surface area contributed by atoms with Crippen LogP contribution in [0, 0.1) is 5.82 Å². The number of benzene rings is 2. The number of ether oxygens (including phenoxy) is 1. The summed E-state index contributed by atoms with van der Waals surface area (Å²) in [4.78, 5) is 12.0. The molecule has 1 amide bonds. The lowest BCUT2D eigenvalue weighted by molar-refractivity contribution is 0.0978. The van der Waals surface area contributed by atoms with Crippen LogP contribution >= 0.6 is 23.2 Å². The van der Waals surface area contributed by atoms with Gasteiger partial charge in [0.15, 0.2) is 5.15 Å². The number of carbonyl (C=O) groups excluding carboxylic acids is 1. The molecule has 0 aliphatic heterocycles. The van der Waals surface area contributed by atoms with Crippen LogP contribution in [0.5, 0.6) is 5.75 Å². The maximum absolute atomic E-state index is 14.5. The Balaban J connectivity index is 2.14. The molecule has 0 atom stereocenters. The van der Waals surface area contributed by atoms with Gasteiger partial charge < -0.3 is 4.74 Å². The van der Waals surface area contributed by atoms with Crippen molar-refractivity contribution < 1.29 is 22.3 Å². The van der Waals surface area contributed by atoms with E-state index in [-0.39, 0.29) is 15.9 Å². The Hall–Kier alpha value is -2.36. The summed E-state index contributed by atoms with van der Waals surface area (Å²) in [7, 11) is -3.86. The van der Waals surface area contributed by atoms with Gasteiger partial charge in [-0.1, -0.05) is 29.3 Å². The van der Waals surface area contributed by atoms with E-state index in [1.807, 2.05) is 6.92 Å². The quantitative estimate of drug-likeness (QED) is 0.648. The molecule has 1 heterocycles. The molecule has 0 radical (unpaired) electrons. The first-order valence-corrected chi connectivity index (χ1v) is 10.6. The molecule has 0 aliphatic rings. The maximum atomic E-state index is 14.5. The van der Waals surface area contributed by atoms with E-state index in [4.69, 9.17) is 27.9 Å². The Morgan fingerprint density at radius 1 is 1.32 bits per heavy atom. The smallest absolute Gasteiger partial charge is 0.267 e. The van der Waals surface area contributed by atoms with Crippen LogP contribution in [0.2, 0.25) is 10.2 Å². The lowest BCUT2D eigenvalue weighted by Gasteiger charge is -2.10. The van der Waals surface area contributed by atoms with Crippen molar-refractivity contribution in [3.63, 3.8) is 0 Å². The third kappa shape index (κ3) is 3.91. The highest BCUT2D eigenvalue weighted by Gasteiger charge is 2.21. The molecule has 7 nitrogen and oxygen atoms in total. The van der Waals surface area contributed by atoms with E-state index in [0.29, 0.717) is 23.3 Å². The number of rotatable bonds is 5. The summed E-state index contributed by atoms with van der Waals surface area (Å²) in [5, 5.41) is 4.83. The van der Waals surface area contributed by atoms with Crippen molar-refractivity contribution in [2.75, 3.05) is 12.9 Å². The average molecular weight is 446 g/mol. The van der Waals surface area contributed by atoms with Crippen LogP contribution in [-0.4, -0.2) is 37.0 Å². The summed E-state index contributed by atoms with van der Waals surface area (Å²) in [5.41, 5.74) is 0.128. The fourth-order valence-electron chi connectivity index (χ4n) is 2.65. The number of nitrogens with one attached hydrogen (secondary N) is 1. The summed E-state index contributed by atoms with van der Waals surface area (Å²) < 4.78 is 45.5. The number of amides is 1. The number of aromatic nitrogens is 2. The van der Waals surface area contributed by atoms with Crippen LogP contribution in [0.25, 0.3) is 16.6 Å². The highest BCUT2D eigenvalue weighted by Crippen LogP contribution is 2.35.